The molecule has 0 aromatic heterocycles. The fraction of sp³-hybridized carbons (Fsp3) is 0.857. The van der Waals surface area contributed by atoms with Crippen LogP contribution in [0.15, 0.2) is 4.99 Å². The number of aliphatic imine (C=N–C) groups is 1. The Kier molecular flexibility index (Phi) is 1.69. The zero-order chi connectivity index (χ0) is 8.70. The SMILES string of the molecule is CC1=NC(C)(O)C(C)(C)ON1. The smallest absolute Gasteiger partial charge is 0.186 e. The fourth-order valence-corrected chi connectivity index (χ4v) is 0.782. The second-order valence-corrected chi connectivity index (χ2v) is 3.43. The molecule has 1 heterocycles. The van der Waals surface area contributed by atoms with Gasteiger partial charge in [0.05, 0.1) is 0 Å². The number of nitrogens with one attached hydrogen (secondary N) is 1. The second kappa shape index (κ2) is 2.19. The van der Waals surface area contributed by atoms with E-state index in [2.05, 4.69) is 10.5 Å². The van der Waals surface area contributed by atoms with E-state index in [9.17, 15) is 5.11 Å². The molecule has 1 aliphatic heterocycles. The number of rotatable bonds is 0. The van der Waals surface area contributed by atoms with Crippen molar-refractivity contribution in [3.63, 3.8) is 0 Å². The van der Waals surface area contributed by atoms with Crippen molar-refractivity contribution in [3.05, 3.63) is 0 Å². The highest BCUT2D eigenvalue weighted by molar-refractivity contribution is 5.79. The monoisotopic (exact) mass is 158 g/mol. The van der Waals surface area contributed by atoms with Crippen LogP contribution in [0.1, 0.15) is 27.7 Å². The van der Waals surface area contributed by atoms with Gasteiger partial charge in [-0.15, -0.1) is 0 Å². The van der Waals surface area contributed by atoms with Crippen LogP contribution in [0.5, 0.6) is 0 Å². The van der Waals surface area contributed by atoms with Crippen LogP contribution in [-0.2, 0) is 4.84 Å². The zero-order valence-electron chi connectivity index (χ0n) is 7.30. The van der Waals surface area contributed by atoms with E-state index in [1.165, 1.54) is 0 Å². The van der Waals surface area contributed by atoms with Crippen LogP contribution in [0.2, 0.25) is 0 Å². The third-order valence-electron chi connectivity index (χ3n) is 1.98. The standard InChI is InChI=1S/C7H14N2O2/c1-5-8-7(4,10)6(2,3)11-9-5/h10H,1-4H3,(H,8,9). The summed E-state index contributed by atoms with van der Waals surface area (Å²) in [5.74, 6) is 0.592. The average molecular weight is 158 g/mol. The van der Waals surface area contributed by atoms with Crippen LogP contribution in [0.25, 0.3) is 0 Å². The summed E-state index contributed by atoms with van der Waals surface area (Å²) in [7, 11) is 0. The second-order valence-electron chi connectivity index (χ2n) is 3.43. The average Bonchev–Trinajstić information content (AvgIpc) is 1.80. The first-order valence-corrected chi connectivity index (χ1v) is 3.58. The molecule has 0 aromatic rings. The van der Waals surface area contributed by atoms with E-state index in [1.54, 1.807) is 27.7 Å². The molecule has 11 heavy (non-hydrogen) atoms. The highest BCUT2D eigenvalue weighted by Crippen LogP contribution is 2.28. The predicted octanol–water partition coefficient (Wildman–Crippen LogP) is 0.427. The van der Waals surface area contributed by atoms with E-state index in [-0.39, 0.29) is 0 Å². The normalized spacial score (nSPS) is 35.9. The summed E-state index contributed by atoms with van der Waals surface area (Å²) in [6.07, 6.45) is 0. The Morgan fingerprint density at radius 2 is 2.00 bits per heavy atom. The van der Waals surface area contributed by atoms with Crippen LogP contribution >= 0.6 is 0 Å². The van der Waals surface area contributed by atoms with Crippen molar-refractivity contribution in [2.75, 3.05) is 0 Å². The molecule has 0 saturated heterocycles. The number of hydrogen-bond donors (Lipinski definition) is 2. The molecule has 0 saturated carbocycles. The third kappa shape index (κ3) is 1.36. The maximum absolute atomic E-state index is 9.72. The van der Waals surface area contributed by atoms with Crippen LogP contribution in [0.4, 0.5) is 0 Å². The molecule has 1 unspecified atom stereocenters. The summed E-state index contributed by atoms with van der Waals surface area (Å²) < 4.78 is 0. The van der Waals surface area contributed by atoms with Crippen molar-refractivity contribution in [3.8, 4) is 0 Å². The van der Waals surface area contributed by atoms with E-state index in [1.807, 2.05) is 0 Å². The van der Waals surface area contributed by atoms with Crippen LogP contribution in [0, 0.1) is 0 Å². The molecule has 0 aliphatic carbocycles. The molecule has 0 amide bonds. The van der Waals surface area contributed by atoms with Crippen molar-refractivity contribution < 1.29 is 9.94 Å². The van der Waals surface area contributed by atoms with E-state index in [0.717, 1.165) is 0 Å². The predicted molar refractivity (Wildman–Crippen MR) is 42.0 cm³/mol. The van der Waals surface area contributed by atoms with Gasteiger partial charge in [0.15, 0.2) is 5.72 Å². The van der Waals surface area contributed by atoms with Gasteiger partial charge in [0.1, 0.15) is 11.4 Å². The van der Waals surface area contributed by atoms with Gasteiger partial charge < -0.3 is 5.11 Å². The molecule has 0 spiro atoms. The first kappa shape index (κ1) is 8.49. The Hall–Kier alpha value is -0.610. The molecule has 0 bridgehead atoms. The van der Waals surface area contributed by atoms with Gasteiger partial charge in [-0.2, -0.15) is 0 Å². The minimum atomic E-state index is -1.15. The summed E-state index contributed by atoms with van der Waals surface area (Å²) in [5, 5.41) is 9.72. The minimum absolute atomic E-state index is 0.592. The van der Waals surface area contributed by atoms with Crippen LogP contribution in [-0.4, -0.2) is 22.3 Å². The fourth-order valence-electron chi connectivity index (χ4n) is 0.782. The molecule has 64 valence electrons. The highest BCUT2D eigenvalue weighted by atomic mass is 16.7. The highest BCUT2D eigenvalue weighted by Gasteiger charge is 2.43. The van der Waals surface area contributed by atoms with Crippen LogP contribution in [0.3, 0.4) is 0 Å². The van der Waals surface area contributed by atoms with Crippen LogP contribution < -0.4 is 5.48 Å². The van der Waals surface area contributed by atoms with Gasteiger partial charge >= 0.3 is 0 Å². The summed E-state index contributed by atoms with van der Waals surface area (Å²) in [6.45, 7) is 6.91. The van der Waals surface area contributed by atoms with Gasteiger partial charge in [0.25, 0.3) is 0 Å². The molecule has 0 radical (unpaired) electrons. The molecule has 1 atom stereocenters. The van der Waals surface area contributed by atoms with Gasteiger partial charge in [-0.3, -0.25) is 10.3 Å². The lowest BCUT2D eigenvalue weighted by atomic mass is 9.96. The minimum Gasteiger partial charge on any atom is -0.367 e. The molecule has 0 aromatic carbocycles. The van der Waals surface area contributed by atoms with Gasteiger partial charge in [-0.05, 0) is 27.7 Å². The Balaban J connectivity index is 2.95. The van der Waals surface area contributed by atoms with E-state index >= 15 is 0 Å². The Bertz CT molecular complexity index is 197. The van der Waals surface area contributed by atoms with Gasteiger partial charge in [0.2, 0.25) is 0 Å². The lowest BCUT2D eigenvalue weighted by Gasteiger charge is -2.39. The van der Waals surface area contributed by atoms with Gasteiger partial charge in [0, 0.05) is 0 Å². The maximum atomic E-state index is 9.72. The molecule has 1 rings (SSSR count). The molecular weight excluding hydrogens is 144 g/mol. The summed E-state index contributed by atoms with van der Waals surface area (Å²) in [4.78, 5) is 9.17. The lowest BCUT2D eigenvalue weighted by Crippen LogP contribution is -2.56. The molecule has 2 N–H and O–H groups in total. The Labute approximate surface area is 66.2 Å². The molecular formula is C7H14N2O2. The quantitative estimate of drug-likeness (QED) is 0.537. The van der Waals surface area contributed by atoms with E-state index in [0.29, 0.717) is 5.84 Å². The zero-order valence-corrected chi connectivity index (χ0v) is 7.30. The topological polar surface area (TPSA) is 53.9 Å². The molecule has 1 aliphatic rings. The number of amidine groups is 1. The summed E-state index contributed by atoms with van der Waals surface area (Å²) >= 11 is 0. The van der Waals surface area contributed by atoms with E-state index < -0.39 is 11.3 Å². The number of hydroxylamine groups is 1. The number of aliphatic hydroxyl groups is 1. The molecule has 4 nitrogen and oxygen atoms in total. The first-order chi connectivity index (χ1) is 4.85. The van der Waals surface area contributed by atoms with Gasteiger partial charge in [-0.1, -0.05) is 0 Å². The number of nitrogens with zero attached hydrogens (tertiary/aromatic N) is 1. The van der Waals surface area contributed by atoms with E-state index in [4.69, 9.17) is 4.84 Å². The van der Waals surface area contributed by atoms with Crippen molar-refractivity contribution in [2.45, 2.75) is 39.0 Å². The Morgan fingerprint density at radius 3 is 2.36 bits per heavy atom. The molecule has 4 heteroatoms. The number of hydrogen-bond acceptors (Lipinski definition) is 4. The maximum Gasteiger partial charge on any atom is 0.186 e. The van der Waals surface area contributed by atoms with Gasteiger partial charge in [-0.25, -0.2) is 4.99 Å². The summed E-state index contributed by atoms with van der Waals surface area (Å²) in [5.41, 5.74) is 0.779. The summed E-state index contributed by atoms with van der Waals surface area (Å²) in [6, 6.07) is 0. The lowest BCUT2D eigenvalue weighted by molar-refractivity contribution is -0.184. The van der Waals surface area contributed by atoms with Crippen molar-refractivity contribution >= 4 is 5.84 Å². The third-order valence-corrected chi connectivity index (χ3v) is 1.98. The largest absolute Gasteiger partial charge is 0.367 e. The van der Waals surface area contributed by atoms with Crippen molar-refractivity contribution in [1.82, 2.24) is 5.48 Å². The first-order valence-electron chi connectivity index (χ1n) is 3.58. The Morgan fingerprint density at radius 1 is 1.45 bits per heavy atom. The van der Waals surface area contributed by atoms with Crippen molar-refractivity contribution in [1.29, 1.82) is 0 Å². The van der Waals surface area contributed by atoms with Crippen molar-refractivity contribution in [2.24, 2.45) is 4.99 Å². The molecule has 0 fully saturated rings.